The average molecular weight is 194 g/mol. The molecule has 0 aliphatic carbocycles. The normalized spacial score (nSPS) is 9.86. The molecule has 0 fully saturated rings. The Balaban J connectivity index is 0.000000171. The first kappa shape index (κ1) is 10.6. The van der Waals surface area contributed by atoms with Crippen LogP contribution in [0, 0.1) is 0 Å². The van der Waals surface area contributed by atoms with E-state index in [9.17, 15) is 4.79 Å². The summed E-state index contributed by atoms with van der Waals surface area (Å²) in [6.45, 7) is 3.74. The molecule has 0 saturated carbocycles. The van der Waals surface area contributed by atoms with Crippen LogP contribution in [-0.4, -0.2) is 11.1 Å². The monoisotopic (exact) mass is 194 g/mol. The second kappa shape index (κ2) is 4.65. The van der Waals surface area contributed by atoms with Crippen molar-refractivity contribution >= 4 is 17.1 Å². The molecule has 2 bridgehead atoms. The van der Waals surface area contributed by atoms with Crippen LogP contribution in [0.15, 0.2) is 22.6 Å². The van der Waals surface area contributed by atoms with Crippen LogP contribution >= 0.6 is 0 Å². The second-order valence-electron chi connectivity index (χ2n) is 2.97. The van der Waals surface area contributed by atoms with Crippen LogP contribution in [0.1, 0.15) is 25.8 Å². The molecule has 0 atom stereocenters. The quantitative estimate of drug-likeness (QED) is 0.799. The van der Waals surface area contributed by atoms with Crippen LogP contribution in [0.5, 0.6) is 0 Å². The summed E-state index contributed by atoms with van der Waals surface area (Å²) in [7, 11) is 0. The van der Waals surface area contributed by atoms with Crippen molar-refractivity contribution in [3.63, 3.8) is 0 Å². The third-order valence-corrected chi connectivity index (χ3v) is 1.94. The molecule has 0 unspecified atom stereocenters. The molecule has 3 nitrogen and oxygen atoms in total. The molecule has 2 aromatic rings. The Kier molecular flexibility index (Phi) is 3.51. The second-order valence-corrected chi connectivity index (χ2v) is 2.97. The summed E-state index contributed by atoms with van der Waals surface area (Å²) in [4.78, 5) is 9.37. The molecule has 2 heterocycles. The number of hydrogen-bond donors (Lipinski definition) is 1. The van der Waals surface area contributed by atoms with E-state index in [0.717, 1.165) is 17.6 Å². The third kappa shape index (κ3) is 2.49. The maximum atomic E-state index is 9.37. The fourth-order valence-corrected chi connectivity index (χ4v) is 1.12. The van der Waals surface area contributed by atoms with Gasteiger partial charge in [0.15, 0.2) is 0 Å². The molecule has 1 N–H and O–H groups in total. The highest BCUT2D eigenvalue weighted by molar-refractivity contribution is 5.66. The zero-order chi connectivity index (χ0) is 10.6. The summed E-state index contributed by atoms with van der Waals surface area (Å²) in [6, 6.07) is 6.11. The lowest BCUT2D eigenvalue weighted by Crippen LogP contribution is -1.86. The van der Waals surface area contributed by atoms with Crippen molar-refractivity contribution in [3.8, 4) is 0 Å². The molecule has 0 aliphatic heterocycles. The fraction of sp³-hybridized carbons (Fsp3) is 0.364. The minimum absolute atomic E-state index is 0.222. The van der Waals surface area contributed by atoms with Crippen LogP contribution in [-0.2, 0) is 11.2 Å². The zero-order valence-corrected chi connectivity index (χ0v) is 8.41. The van der Waals surface area contributed by atoms with Crippen LogP contribution in [0.25, 0.3) is 11.2 Å². The van der Waals surface area contributed by atoms with E-state index in [0.29, 0.717) is 0 Å². The van der Waals surface area contributed by atoms with Crippen molar-refractivity contribution in [1.82, 2.24) is 0 Å². The van der Waals surface area contributed by atoms with Gasteiger partial charge >= 0.3 is 5.97 Å². The van der Waals surface area contributed by atoms with Crippen LogP contribution < -0.4 is 0 Å². The van der Waals surface area contributed by atoms with Gasteiger partial charge < -0.3 is 9.52 Å². The summed E-state index contributed by atoms with van der Waals surface area (Å²) in [5.41, 5.74) is 3.38. The number of benzene rings is 1. The fourth-order valence-electron chi connectivity index (χ4n) is 1.12. The molecule has 0 amide bonds. The number of fused-ring (bicyclic) bond motifs is 2. The largest absolute Gasteiger partial charge is 0.481 e. The molecule has 0 aromatic carbocycles. The number of aliphatic carboxylic acids is 1. The van der Waals surface area contributed by atoms with Crippen LogP contribution in [0.3, 0.4) is 0 Å². The van der Waals surface area contributed by atoms with Gasteiger partial charge in [-0.15, -0.1) is 0 Å². The highest BCUT2D eigenvalue weighted by atomic mass is 16.4. The molecule has 0 spiro atoms. The van der Waals surface area contributed by atoms with Crippen LogP contribution in [0.2, 0.25) is 0 Å². The number of hydrogen-bond acceptors (Lipinski definition) is 2. The van der Waals surface area contributed by atoms with Gasteiger partial charge in [0.25, 0.3) is 0 Å². The van der Waals surface area contributed by atoms with Crippen molar-refractivity contribution in [1.29, 1.82) is 0 Å². The van der Waals surface area contributed by atoms with Crippen molar-refractivity contribution < 1.29 is 14.3 Å². The topological polar surface area (TPSA) is 50.4 Å². The summed E-state index contributed by atoms with van der Waals surface area (Å²) in [5, 5.41) is 7.72. The first-order valence-corrected chi connectivity index (χ1v) is 4.70. The first-order valence-electron chi connectivity index (χ1n) is 4.70. The lowest BCUT2D eigenvalue weighted by molar-refractivity contribution is -0.136. The average Bonchev–Trinajstić information content (AvgIpc) is 2.79. The van der Waals surface area contributed by atoms with E-state index in [1.54, 1.807) is 6.92 Å². The molecule has 2 rings (SSSR count). The SMILES string of the molecule is CCC(=O)O.CCc1cc2ccc1o2. The Labute approximate surface area is 82.7 Å². The van der Waals surface area contributed by atoms with E-state index in [-0.39, 0.29) is 6.42 Å². The van der Waals surface area contributed by atoms with Crippen LogP contribution in [0.4, 0.5) is 0 Å². The molecule has 14 heavy (non-hydrogen) atoms. The molecular weight excluding hydrogens is 180 g/mol. The van der Waals surface area contributed by atoms with Crippen molar-refractivity contribution in [2.75, 3.05) is 0 Å². The summed E-state index contributed by atoms with van der Waals surface area (Å²) in [5.74, 6) is -0.745. The number of carbonyl (C=O) groups is 1. The summed E-state index contributed by atoms with van der Waals surface area (Å²) >= 11 is 0. The van der Waals surface area contributed by atoms with Gasteiger partial charge in [0.05, 0.1) is 0 Å². The molecule has 3 heteroatoms. The van der Waals surface area contributed by atoms with Gasteiger partial charge in [-0.05, 0) is 30.2 Å². The number of carboxylic acid groups (broad SMARTS) is 1. The highest BCUT2D eigenvalue weighted by Crippen LogP contribution is 2.21. The summed E-state index contributed by atoms with van der Waals surface area (Å²) in [6.07, 6.45) is 1.29. The minimum Gasteiger partial charge on any atom is -0.481 e. The molecule has 0 saturated heterocycles. The lowest BCUT2D eigenvalue weighted by atomic mass is 10.2. The lowest BCUT2D eigenvalue weighted by Gasteiger charge is -1.84. The number of carboxylic acids is 1. The van der Waals surface area contributed by atoms with Crippen molar-refractivity contribution in [3.05, 3.63) is 23.8 Å². The van der Waals surface area contributed by atoms with Gasteiger partial charge in [0.2, 0.25) is 0 Å². The third-order valence-electron chi connectivity index (χ3n) is 1.94. The van der Waals surface area contributed by atoms with E-state index < -0.39 is 5.97 Å². The maximum Gasteiger partial charge on any atom is 0.303 e. The van der Waals surface area contributed by atoms with E-state index in [4.69, 9.17) is 9.52 Å². The smallest absolute Gasteiger partial charge is 0.303 e. The summed E-state index contributed by atoms with van der Waals surface area (Å²) < 4.78 is 5.31. The molecule has 0 aliphatic rings. The number of furan rings is 2. The van der Waals surface area contributed by atoms with Crippen molar-refractivity contribution in [2.45, 2.75) is 26.7 Å². The van der Waals surface area contributed by atoms with Gasteiger partial charge in [-0.3, -0.25) is 4.79 Å². The Morgan fingerprint density at radius 1 is 1.43 bits per heavy atom. The van der Waals surface area contributed by atoms with Gasteiger partial charge in [-0.1, -0.05) is 13.8 Å². The minimum atomic E-state index is -0.745. The van der Waals surface area contributed by atoms with Gasteiger partial charge in [0, 0.05) is 6.42 Å². The predicted molar refractivity (Wildman–Crippen MR) is 54.7 cm³/mol. The number of aryl methyl sites for hydroxylation is 1. The highest BCUT2D eigenvalue weighted by Gasteiger charge is 2.02. The van der Waals surface area contributed by atoms with Gasteiger partial charge in [-0.2, -0.15) is 0 Å². The van der Waals surface area contributed by atoms with E-state index in [2.05, 4.69) is 13.0 Å². The maximum absolute atomic E-state index is 9.37. The molecule has 2 aromatic heterocycles. The predicted octanol–water partition coefficient (Wildman–Crippen LogP) is 2.91. The molecular formula is C11H14O3. The molecule has 76 valence electrons. The van der Waals surface area contributed by atoms with Gasteiger partial charge in [-0.25, -0.2) is 0 Å². The number of rotatable bonds is 2. The first-order chi connectivity index (χ1) is 6.67. The van der Waals surface area contributed by atoms with Crippen molar-refractivity contribution in [2.24, 2.45) is 0 Å². The van der Waals surface area contributed by atoms with E-state index >= 15 is 0 Å². The Hall–Kier alpha value is -1.51. The standard InChI is InChI=1S/C8H8O.C3H6O2/c1-2-6-5-7-3-4-8(6)9-7;1-2-3(4)5/h3-5H,2H2,1H3;2H2,1H3,(H,4,5). The zero-order valence-electron chi connectivity index (χ0n) is 8.41. The Morgan fingerprint density at radius 2 is 2.07 bits per heavy atom. The van der Waals surface area contributed by atoms with E-state index in [1.807, 2.05) is 12.1 Å². The Morgan fingerprint density at radius 3 is 2.29 bits per heavy atom. The Bertz CT molecular complexity index is 389. The molecule has 0 radical (unpaired) electrons. The van der Waals surface area contributed by atoms with Gasteiger partial charge in [0.1, 0.15) is 11.2 Å². The van der Waals surface area contributed by atoms with E-state index in [1.165, 1.54) is 5.56 Å².